The van der Waals surface area contributed by atoms with Gasteiger partial charge in [0.25, 0.3) is 0 Å². The van der Waals surface area contributed by atoms with Gasteiger partial charge in [0.15, 0.2) is 0 Å². The van der Waals surface area contributed by atoms with Gasteiger partial charge in [0.2, 0.25) is 5.91 Å². The van der Waals surface area contributed by atoms with Crippen LogP contribution in [-0.4, -0.2) is 22.9 Å². The average Bonchev–Trinajstić information content (AvgIpc) is 3.01. The number of hydrogen-bond donors (Lipinski definition) is 1. The summed E-state index contributed by atoms with van der Waals surface area (Å²) in [7, 11) is 0. The van der Waals surface area contributed by atoms with Crippen LogP contribution in [0, 0.1) is 5.92 Å². The van der Waals surface area contributed by atoms with Crippen LogP contribution in [-0.2, 0) is 4.79 Å². The van der Waals surface area contributed by atoms with Crippen LogP contribution in [0.1, 0.15) is 56.7 Å². The van der Waals surface area contributed by atoms with Gasteiger partial charge >= 0.3 is 0 Å². The molecule has 2 aliphatic carbocycles. The molecule has 1 aliphatic heterocycles. The third-order valence-corrected chi connectivity index (χ3v) is 5.51. The first-order chi connectivity index (χ1) is 10.3. The average molecular weight is 284 g/mol. The van der Waals surface area contributed by atoms with Crippen LogP contribution in [0.15, 0.2) is 30.3 Å². The zero-order chi connectivity index (χ0) is 14.3. The van der Waals surface area contributed by atoms with Crippen LogP contribution in [0.2, 0.25) is 0 Å². The number of carbonyl (C=O) groups excluding carboxylic acids is 1. The molecule has 2 saturated carbocycles. The van der Waals surface area contributed by atoms with Crippen LogP contribution in [0.3, 0.4) is 0 Å². The molecule has 21 heavy (non-hydrogen) atoms. The molecule has 1 atom stereocenters. The number of nitrogens with zero attached hydrogens (tertiary/aromatic N) is 1. The van der Waals surface area contributed by atoms with Gasteiger partial charge < -0.3 is 4.90 Å². The van der Waals surface area contributed by atoms with E-state index in [2.05, 4.69) is 34.5 Å². The molecule has 0 radical (unpaired) electrons. The Bertz CT molecular complexity index is 517. The number of amides is 1. The monoisotopic (exact) mass is 284 g/mol. The topological polar surface area (TPSA) is 32.3 Å². The number of carbonyl (C=O) groups is 1. The molecular weight excluding hydrogens is 260 g/mol. The van der Waals surface area contributed by atoms with Crippen LogP contribution >= 0.6 is 0 Å². The number of rotatable bonds is 4. The zero-order valence-electron chi connectivity index (χ0n) is 12.6. The zero-order valence-corrected chi connectivity index (χ0v) is 12.6. The molecule has 1 aromatic carbocycles. The molecule has 3 aliphatic rings. The van der Waals surface area contributed by atoms with Crippen LogP contribution < -0.4 is 5.32 Å². The van der Waals surface area contributed by atoms with E-state index in [0.29, 0.717) is 5.91 Å². The highest BCUT2D eigenvalue weighted by atomic mass is 16.2. The Morgan fingerprint density at radius 1 is 1.14 bits per heavy atom. The Labute approximate surface area is 126 Å². The molecule has 0 aromatic heterocycles. The SMILES string of the molecule is O=C1N(CCC2CCCC2)C(c2ccccc2)NC12CC2. The van der Waals surface area contributed by atoms with Gasteiger partial charge in [-0.3, -0.25) is 10.1 Å². The quantitative estimate of drug-likeness (QED) is 0.920. The highest BCUT2D eigenvalue weighted by Crippen LogP contribution is 2.46. The van der Waals surface area contributed by atoms with Crippen LogP contribution in [0.5, 0.6) is 0 Å². The number of nitrogens with one attached hydrogen (secondary N) is 1. The second-order valence-electron chi connectivity index (χ2n) is 6.98. The highest BCUT2D eigenvalue weighted by Gasteiger charge is 2.59. The second kappa shape index (κ2) is 5.13. The molecule has 4 rings (SSSR count). The molecule has 112 valence electrons. The first-order valence-electron chi connectivity index (χ1n) is 8.42. The summed E-state index contributed by atoms with van der Waals surface area (Å²) in [5, 5.41) is 3.61. The normalized spacial score (nSPS) is 27.7. The largest absolute Gasteiger partial charge is 0.321 e. The maximum Gasteiger partial charge on any atom is 0.244 e. The predicted octanol–water partition coefficient (Wildman–Crippen LogP) is 3.23. The lowest BCUT2D eigenvalue weighted by molar-refractivity contribution is -0.131. The molecule has 3 heteroatoms. The lowest BCUT2D eigenvalue weighted by atomic mass is 10.0. The standard InChI is InChI=1S/C18H24N2O/c21-17-18(11-12-18)19-16(15-8-2-1-3-9-15)20(17)13-10-14-6-4-5-7-14/h1-3,8-9,14,16,19H,4-7,10-13H2. The molecule has 1 saturated heterocycles. The Hall–Kier alpha value is -1.35. The van der Waals surface area contributed by atoms with Gasteiger partial charge in [-0.2, -0.15) is 0 Å². The fraction of sp³-hybridized carbons (Fsp3) is 0.611. The third-order valence-electron chi connectivity index (χ3n) is 5.51. The van der Waals surface area contributed by atoms with Crippen molar-refractivity contribution >= 4 is 5.91 Å². The van der Waals surface area contributed by atoms with Gasteiger partial charge in [0.05, 0.1) is 0 Å². The maximum atomic E-state index is 12.7. The summed E-state index contributed by atoms with van der Waals surface area (Å²) < 4.78 is 0. The van der Waals surface area contributed by atoms with Gasteiger partial charge in [0, 0.05) is 6.54 Å². The van der Waals surface area contributed by atoms with E-state index in [-0.39, 0.29) is 11.7 Å². The molecule has 1 N–H and O–H groups in total. The van der Waals surface area contributed by atoms with Crippen molar-refractivity contribution in [1.29, 1.82) is 0 Å². The molecule has 1 unspecified atom stereocenters. The minimum absolute atomic E-state index is 0.0857. The third kappa shape index (κ3) is 2.38. The van der Waals surface area contributed by atoms with E-state index in [4.69, 9.17) is 0 Å². The molecule has 3 fully saturated rings. The van der Waals surface area contributed by atoms with Gasteiger partial charge in [-0.05, 0) is 30.7 Å². The van der Waals surface area contributed by atoms with E-state index < -0.39 is 0 Å². The van der Waals surface area contributed by atoms with Gasteiger partial charge in [-0.25, -0.2) is 0 Å². The molecule has 1 heterocycles. The first-order valence-corrected chi connectivity index (χ1v) is 8.42. The van der Waals surface area contributed by atoms with E-state index in [1.165, 1.54) is 37.7 Å². The van der Waals surface area contributed by atoms with Crippen LogP contribution in [0.4, 0.5) is 0 Å². The Balaban J connectivity index is 1.51. The molecule has 1 spiro atoms. The fourth-order valence-corrected chi connectivity index (χ4v) is 4.03. The lowest BCUT2D eigenvalue weighted by Gasteiger charge is -2.25. The molecule has 1 aromatic rings. The van der Waals surface area contributed by atoms with Crippen LogP contribution in [0.25, 0.3) is 0 Å². The summed E-state index contributed by atoms with van der Waals surface area (Å²) in [6, 6.07) is 10.4. The number of hydrogen-bond acceptors (Lipinski definition) is 2. The first kappa shape index (κ1) is 13.3. The Morgan fingerprint density at radius 2 is 1.86 bits per heavy atom. The summed E-state index contributed by atoms with van der Waals surface area (Å²) in [5.41, 5.74) is 1.01. The predicted molar refractivity (Wildman–Crippen MR) is 82.6 cm³/mol. The van der Waals surface area contributed by atoms with E-state index in [9.17, 15) is 4.79 Å². The summed E-state index contributed by atoms with van der Waals surface area (Å²) in [4.78, 5) is 14.9. The summed E-state index contributed by atoms with van der Waals surface area (Å²) >= 11 is 0. The van der Waals surface area contributed by atoms with Crippen molar-refractivity contribution in [3.8, 4) is 0 Å². The van der Waals surface area contributed by atoms with Crippen molar-refractivity contribution < 1.29 is 4.79 Å². The van der Waals surface area contributed by atoms with E-state index in [1.54, 1.807) is 0 Å². The molecule has 0 bridgehead atoms. The summed E-state index contributed by atoms with van der Waals surface area (Å²) in [6.45, 7) is 0.914. The second-order valence-corrected chi connectivity index (χ2v) is 6.98. The Kier molecular flexibility index (Phi) is 3.26. The van der Waals surface area contributed by atoms with Crippen molar-refractivity contribution in [3.63, 3.8) is 0 Å². The van der Waals surface area contributed by atoms with E-state index in [0.717, 1.165) is 25.3 Å². The van der Waals surface area contributed by atoms with E-state index in [1.807, 2.05) is 6.07 Å². The molecule has 1 amide bonds. The molecular formula is C18H24N2O. The molecule has 3 nitrogen and oxygen atoms in total. The van der Waals surface area contributed by atoms with Crippen molar-refractivity contribution in [2.75, 3.05) is 6.54 Å². The minimum Gasteiger partial charge on any atom is -0.321 e. The fourth-order valence-electron chi connectivity index (χ4n) is 4.03. The van der Waals surface area contributed by atoms with Crippen molar-refractivity contribution in [2.45, 2.75) is 56.7 Å². The van der Waals surface area contributed by atoms with Gasteiger partial charge in [-0.1, -0.05) is 56.0 Å². The lowest BCUT2D eigenvalue weighted by Crippen LogP contribution is -2.33. The highest BCUT2D eigenvalue weighted by molar-refractivity contribution is 5.92. The van der Waals surface area contributed by atoms with Crippen molar-refractivity contribution in [1.82, 2.24) is 10.2 Å². The smallest absolute Gasteiger partial charge is 0.244 e. The minimum atomic E-state index is -0.212. The Morgan fingerprint density at radius 3 is 2.52 bits per heavy atom. The summed E-state index contributed by atoms with van der Waals surface area (Å²) in [6.07, 6.45) is 8.75. The number of benzene rings is 1. The van der Waals surface area contributed by atoms with E-state index >= 15 is 0 Å². The van der Waals surface area contributed by atoms with Gasteiger partial charge in [-0.15, -0.1) is 0 Å². The summed E-state index contributed by atoms with van der Waals surface area (Å²) in [5.74, 6) is 1.18. The van der Waals surface area contributed by atoms with Gasteiger partial charge in [0.1, 0.15) is 11.7 Å². The van der Waals surface area contributed by atoms with Crippen molar-refractivity contribution in [2.24, 2.45) is 5.92 Å². The van der Waals surface area contributed by atoms with Crippen molar-refractivity contribution in [3.05, 3.63) is 35.9 Å². The maximum absolute atomic E-state index is 12.7.